The second kappa shape index (κ2) is 7.47. The molecular weight excluding hydrogens is 296 g/mol. The van der Waals surface area contributed by atoms with E-state index in [1.807, 2.05) is 6.92 Å². The van der Waals surface area contributed by atoms with Crippen molar-refractivity contribution in [3.8, 4) is 0 Å². The van der Waals surface area contributed by atoms with E-state index in [2.05, 4.69) is 15.6 Å². The van der Waals surface area contributed by atoms with Crippen LogP contribution in [0.4, 0.5) is 11.5 Å². The zero-order chi connectivity index (χ0) is 15.6. The maximum atomic E-state index is 12.3. The highest BCUT2D eigenvalue weighted by Crippen LogP contribution is 2.27. The van der Waals surface area contributed by atoms with Gasteiger partial charge in [0.2, 0.25) is 0 Å². The number of nitrogens with two attached hydrogens (primary N) is 1. The molecule has 4 atom stereocenters. The van der Waals surface area contributed by atoms with Crippen molar-refractivity contribution in [1.82, 2.24) is 21.1 Å². The summed E-state index contributed by atoms with van der Waals surface area (Å²) in [5, 5.41) is 38.7. The first-order chi connectivity index (χ1) is 10.0. The molecule has 9 N–H and O–H groups in total. The van der Waals surface area contributed by atoms with Crippen molar-refractivity contribution in [3.63, 3.8) is 0 Å². The zero-order valence-electron chi connectivity index (χ0n) is 12.2. The molecule has 2 rings (SSSR count). The molecule has 0 spiro atoms. The molecular formula is C11H22N6O5. The zero-order valence-corrected chi connectivity index (χ0v) is 12.2. The highest BCUT2D eigenvalue weighted by atomic mass is 16.6. The third-order valence-electron chi connectivity index (χ3n) is 3.24. The number of nitrogens with zero attached hydrogens (tertiary/aromatic N) is 3. The van der Waals surface area contributed by atoms with Crippen LogP contribution in [0.1, 0.15) is 19.6 Å². The number of aliphatic hydroxyl groups excluding tert-OH is 3. The summed E-state index contributed by atoms with van der Waals surface area (Å²) in [6.45, 7) is 1.94. The predicted molar refractivity (Wildman–Crippen MR) is 77.5 cm³/mol. The molecule has 1 saturated heterocycles. The quantitative estimate of drug-likeness (QED) is 0.347. The Bertz CT molecular complexity index is 552. The fraction of sp³-hybridized carbons (Fsp3) is 0.727. The summed E-state index contributed by atoms with van der Waals surface area (Å²) in [6, 6.07) is 0. The van der Waals surface area contributed by atoms with Crippen LogP contribution >= 0.6 is 0 Å². The van der Waals surface area contributed by atoms with Crippen molar-refractivity contribution in [2.75, 3.05) is 24.2 Å². The third-order valence-corrected chi connectivity index (χ3v) is 3.24. The second-order valence-corrected chi connectivity index (χ2v) is 4.76. The molecule has 0 aromatic carbocycles. The van der Waals surface area contributed by atoms with Crippen LogP contribution in [-0.4, -0.2) is 61.8 Å². The van der Waals surface area contributed by atoms with Gasteiger partial charge in [-0.05, 0) is 6.42 Å². The maximum Gasteiger partial charge on any atom is 0.297 e. The smallest absolute Gasteiger partial charge is 0.297 e. The van der Waals surface area contributed by atoms with Crippen LogP contribution in [0.5, 0.6) is 0 Å². The van der Waals surface area contributed by atoms with Gasteiger partial charge < -0.3 is 37.3 Å². The van der Waals surface area contributed by atoms with Gasteiger partial charge in [0.05, 0.1) is 6.61 Å². The lowest BCUT2D eigenvalue weighted by atomic mass is 10.1. The van der Waals surface area contributed by atoms with Gasteiger partial charge in [-0.1, -0.05) is 12.1 Å². The normalized spacial score (nSPS) is 27.5. The molecule has 1 aliphatic rings. The Morgan fingerprint density at radius 2 is 2.09 bits per heavy atom. The summed E-state index contributed by atoms with van der Waals surface area (Å²) in [6.07, 6.45) is -4.19. The summed E-state index contributed by atoms with van der Waals surface area (Å²) in [4.78, 5) is 12.3. The lowest BCUT2D eigenvalue weighted by Gasteiger charge is -2.17. The highest BCUT2D eigenvalue weighted by Gasteiger charge is 2.44. The first-order valence-electron chi connectivity index (χ1n) is 6.62. The van der Waals surface area contributed by atoms with Crippen molar-refractivity contribution >= 4 is 11.5 Å². The monoisotopic (exact) mass is 318 g/mol. The van der Waals surface area contributed by atoms with Crippen LogP contribution in [-0.2, 0) is 4.74 Å². The van der Waals surface area contributed by atoms with E-state index >= 15 is 0 Å². The first-order valence-corrected chi connectivity index (χ1v) is 6.62. The molecule has 0 aliphatic carbocycles. The Hall–Kier alpha value is -1.79. The Balaban J connectivity index is 0.00000242. The predicted octanol–water partition coefficient (Wildman–Crippen LogP) is -2.18. The number of nitrogen functional groups attached to an aromatic ring is 1. The van der Waals surface area contributed by atoms with E-state index < -0.39 is 36.7 Å². The maximum absolute atomic E-state index is 12.3. The molecule has 11 nitrogen and oxygen atoms in total. The minimum Gasteiger partial charge on any atom is -0.394 e. The molecule has 126 valence electrons. The average Bonchev–Trinajstić information content (AvgIpc) is 2.75. The van der Waals surface area contributed by atoms with Crippen molar-refractivity contribution in [2.45, 2.75) is 37.9 Å². The molecule has 0 bridgehead atoms. The van der Waals surface area contributed by atoms with Crippen LogP contribution < -0.4 is 22.8 Å². The van der Waals surface area contributed by atoms with E-state index in [9.17, 15) is 15.0 Å². The van der Waals surface area contributed by atoms with Gasteiger partial charge in [-0.15, -0.1) is 5.10 Å². The Kier molecular flexibility index (Phi) is 6.20. The van der Waals surface area contributed by atoms with E-state index in [0.717, 1.165) is 11.1 Å². The summed E-state index contributed by atoms with van der Waals surface area (Å²) >= 11 is 0. The minimum absolute atomic E-state index is 0. The molecule has 2 heterocycles. The number of hydrogen-bond donors (Lipinski definition) is 6. The number of rotatable bonds is 5. The summed E-state index contributed by atoms with van der Waals surface area (Å²) in [5.41, 5.74) is 5.04. The fourth-order valence-corrected chi connectivity index (χ4v) is 2.08. The van der Waals surface area contributed by atoms with E-state index in [4.69, 9.17) is 15.6 Å². The molecule has 4 unspecified atom stereocenters. The molecule has 0 amide bonds. The average molecular weight is 318 g/mol. The minimum atomic E-state index is -1.41. The number of anilines is 2. The summed E-state index contributed by atoms with van der Waals surface area (Å²) < 4.78 is 6.05. The Morgan fingerprint density at radius 1 is 1.41 bits per heavy atom. The van der Waals surface area contributed by atoms with E-state index in [1.165, 1.54) is 0 Å². The molecule has 1 fully saturated rings. The number of hydrogen-bond acceptors (Lipinski definition) is 10. The van der Waals surface area contributed by atoms with Crippen LogP contribution in [0.25, 0.3) is 0 Å². The van der Waals surface area contributed by atoms with Crippen molar-refractivity contribution < 1.29 is 20.1 Å². The third kappa shape index (κ3) is 3.18. The van der Waals surface area contributed by atoms with Gasteiger partial charge in [-0.25, -0.2) is 0 Å². The molecule has 1 aromatic rings. The van der Waals surface area contributed by atoms with Crippen molar-refractivity contribution in [1.29, 1.82) is 0 Å². The van der Waals surface area contributed by atoms with Crippen LogP contribution in [0, 0.1) is 0 Å². The first kappa shape index (κ1) is 18.3. The van der Waals surface area contributed by atoms with Gasteiger partial charge in [0.15, 0.2) is 12.0 Å². The number of aromatic nitrogens is 3. The van der Waals surface area contributed by atoms with Crippen molar-refractivity contribution in [3.05, 3.63) is 10.4 Å². The lowest BCUT2D eigenvalue weighted by molar-refractivity contribution is -0.0621. The lowest BCUT2D eigenvalue weighted by Crippen LogP contribution is -2.38. The Morgan fingerprint density at radius 3 is 2.64 bits per heavy atom. The number of aliphatic hydroxyl groups is 3. The van der Waals surface area contributed by atoms with E-state index in [0.29, 0.717) is 6.54 Å². The molecule has 11 heteroatoms. The van der Waals surface area contributed by atoms with Gasteiger partial charge in [0.25, 0.3) is 5.56 Å². The van der Waals surface area contributed by atoms with Crippen LogP contribution in [0.15, 0.2) is 4.79 Å². The molecule has 1 aliphatic heterocycles. The number of ether oxygens (including phenoxy) is 1. The van der Waals surface area contributed by atoms with Crippen molar-refractivity contribution in [2.24, 2.45) is 0 Å². The summed E-state index contributed by atoms with van der Waals surface area (Å²) in [5.74, 6) is -0.0588. The standard InChI is InChI=1S/C11H19N5O5.H3N/c1-2-3-13-6-9(12)14-15-16(10(6)20)11-8(19)7(18)5(4-17)21-11;/h5,7-8,11,13,17-19H,2-4,12H2,1H3;1H3. The molecule has 0 radical (unpaired) electrons. The molecule has 22 heavy (non-hydrogen) atoms. The largest absolute Gasteiger partial charge is 0.394 e. The van der Waals surface area contributed by atoms with Gasteiger partial charge in [0, 0.05) is 6.54 Å². The fourth-order valence-electron chi connectivity index (χ4n) is 2.08. The van der Waals surface area contributed by atoms with Gasteiger partial charge >= 0.3 is 0 Å². The molecule has 1 aromatic heterocycles. The highest BCUT2D eigenvalue weighted by molar-refractivity contribution is 5.58. The summed E-state index contributed by atoms with van der Waals surface area (Å²) in [7, 11) is 0. The van der Waals surface area contributed by atoms with Gasteiger partial charge in [-0.3, -0.25) is 4.79 Å². The van der Waals surface area contributed by atoms with E-state index in [-0.39, 0.29) is 17.7 Å². The van der Waals surface area contributed by atoms with Gasteiger partial charge in [-0.2, -0.15) is 4.68 Å². The van der Waals surface area contributed by atoms with Gasteiger partial charge in [0.1, 0.15) is 24.0 Å². The van der Waals surface area contributed by atoms with Crippen LogP contribution in [0.3, 0.4) is 0 Å². The van der Waals surface area contributed by atoms with E-state index in [1.54, 1.807) is 0 Å². The number of nitrogens with one attached hydrogen (secondary N) is 1. The molecule has 0 saturated carbocycles. The van der Waals surface area contributed by atoms with Crippen LogP contribution in [0.2, 0.25) is 0 Å². The topological polar surface area (TPSA) is 191 Å². The SMILES string of the molecule is CCCNc1c(N)nnn(C2OC(CO)C(O)C2O)c1=O.N. The Labute approximate surface area is 126 Å². The second-order valence-electron chi connectivity index (χ2n) is 4.76.